The molecule has 0 saturated heterocycles. The van der Waals surface area contributed by atoms with Crippen molar-refractivity contribution in [3.63, 3.8) is 0 Å². The molecule has 2 unspecified atom stereocenters. The molecule has 2 rings (SSSR count). The van der Waals surface area contributed by atoms with E-state index in [9.17, 15) is 31.9 Å². The smallest absolute Gasteiger partial charge is 0.406 e. The highest BCUT2D eigenvalue weighted by Gasteiger charge is 2.38. The molecule has 0 heterocycles. The third kappa shape index (κ3) is 8.40. The second-order valence-electron chi connectivity index (χ2n) is 7.67. The van der Waals surface area contributed by atoms with E-state index in [4.69, 9.17) is 5.73 Å². The number of nitrogens with zero attached hydrogens (tertiary/aromatic N) is 1. The maximum absolute atomic E-state index is 14.2. The minimum absolute atomic E-state index is 0.0241. The normalized spacial score (nSPS) is 15.3. The molecule has 0 aromatic heterocycles. The SMILES string of the molecule is CNCC(CC(CNC=O)C(N)=O)N(C(=O)NCc1ccc(OC(F)(F)F)cc1F)C1CC1. The number of urea groups is 1. The molecule has 1 aliphatic rings. The molecule has 1 saturated carbocycles. The number of nitrogens with one attached hydrogen (secondary N) is 3. The number of carbonyl (C=O) groups is 3. The Bertz CT molecular complexity index is 835. The molecular weight excluding hydrogens is 450 g/mol. The van der Waals surface area contributed by atoms with Gasteiger partial charge < -0.3 is 31.3 Å². The van der Waals surface area contributed by atoms with Crippen molar-refractivity contribution in [1.29, 1.82) is 0 Å². The van der Waals surface area contributed by atoms with Crippen LogP contribution in [-0.4, -0.2) is 61.8 Å². The summed E-state index contributed by atoms with van der Waals surface area (Å²) >= 11 is 0. The lowest BCUT2D eigenvalue weighted by atomic mass is 9.97. The van der Waals surface area contributed by atoms with Gasteiger partial charge in [-0.15, -0.1) is 13.2 Å². The second kappa shape index (κ2) is 11.7. The average molecular weight is 477 g/mol. The van der Waals surface area contributed by atoms with Crippen molar-refractivity contribution in [3.05, 3.63) is 29.6 Å². The molecule has 33 heavy (non-hydrogen) atoms. The molecule has 0 aliphatic heterocycles. The van der Waals surface area contributed by atoms with Gasteiger partial charge in [-0.05, 0) is 32.4 Å². The molecule has 13 heteroatoms. The third-order valence-corrected chi connectivity index (χ3v) is 5.10. The first-order valence-corrected chi connectivity index (χ1v) is 10.3. The molecule has 1 aromatic carbocycles. The fourth-order valence-corrected chi connectivity index (χ4v) is 3.46. The van der Waals surface area contributed by atoms with Gasteiger partial charge in [-0.1, -0.05) is 6.07 Å². The van der Waals surface area contributed by atoms with Gasteiger partial charge in [0.25, 0.3) is 0 Å². The number of carbonyl (C=O) groups excluding carboxylic acids is 3. The van der Waals surface area contributed by atoms with Gasteiger partial charge >= 0.3 is 12.4 Å². The molecule has 0 spiro atoms. The number of ether oxygens (including phenoxy) is 1. The van der Waals surface area contributed by atoms with Crippen LogP contribution in [0.25, 0.3) is 0 Å². The predicted molar refractivity (Wildman–Crippen MR) is 109 cm³/mol. The summed E-state index contributed by atoms with van der Waals surface area (Å²) in [7, 11) is 1.68. The van der Waals surface area contributed by atoms with Crippen LogP contribution >= 0.6 is 0 Å². The number of alkyl halides is 3. The zero-order chi connectivity index (χ0) is 24.6. The van der Waals surface area contributed by atoms with Crippen molar-refractivity contribution in [2.24, 2.45) is 11.7 Å². The van der Waals surface area contributed by atoms with E-state index in [0.29, 0.717) is 19.0 Å². The molecule has 1 aromatic rings. The summed E-state index contributed by atoms with van der Waals surface area (Å²) in [5.41, 5.74) is 5.41. The maximum Gasteiger partial charge on any atom is 0.573 e. The van der Waals surface area contributed by atoms with E-state index < -0.39 is 41.8 Å². The van der Waals surface area contributed by atoms with E-state index in [2.05, 4.69) is 20.7 Å². The third-order valence-electron chi connectivity index (χ3n) is 5.10. The summed E-state index contributed by atoms with van der Waals surface area (Å²) in [4.78, 5) is 36.9. The minimum Gasteiger partial charge on any atom is -0.406 e. The average Bonchev–Trinajstić information content (AvgIpc) is 3.54. The van der Waals surface area contributed by atoms with E-state index in [0.717, 1.165) is 25.0 Å². The monoisotopic (exact) mass is 477 g/mol. The molecule has 1 aliphatic carbocycles. The molecule has 9 nitrogen and oxygen atoms in total. The molecule has 4 amide bonds. The van der Waals surface area contributed by atoms with Gasteiger partial charge in [0.2, 0.25) is 12.3 Å². The molecule has 0 radical (unpaired) electrons. The fourth-order valence-electron chi connectivity index (χ4n) is 3.46. The Morgan fingerprint density at radius 3 is 2.52 bits per heavy atom. The van der Waals surface area contributed by atoms with Crippen LogP contribution in [0, 0.1) is 11.7 Å². The van der Waals surface area contributed by atoms with Crippen LogP contribution in [0.3, 0.4) is 0 Å². The lowest BCUT2D eigenvalue weighted by Gasteiger charge is -2.34. The Labute approximate surface area is 188 Å². The summed E-state index contributed by atoms with van der Waals surface area (Å²) in [6.45, 7) is 0.0990. The number of nitrogens with two attached hydrogens (primary N) is 1. The number of likely N-dealkylation sites (N-methyl/N-ethyl adjacent to an activating group) is 1. The largest absolute Gasteiger partial charge is 0.573 e. The van der Waals surface area contributed by atoms with Crippen molar-refractivity contribution in [3.8, 4) is 5.75 Å². The van der Waals surface area contributed by atoms with Crippen molar-refractivity contribution < 1.29 is 36.7 Å². The van der Waals surface area contributed by atoms with Gasteiger partial charge in [-0.25, -0.2) is 9.18 Å². The summed E-state index contributed by atoms with van der Waals surface area (Å²) in [6.07, 6.45) is -2.80. The molecule has 0 bridgehead atoms. The Morgan fingerprint density at radius 2 is 2.00 bits per heavy atom. The van der Waals surface area contributed by atoms with E-state index in [1.807, 2.05) is 0 Å². The van der Waals surface area contributed by atoms with Crippen molar-refractivity contribution in [1.82, 2.24) is 20.9 Å². The molecular formula is C20H27F4N5O4. The maximum atomic E-state index is 14.2. The lowest BCUT2D eigenvalue weighted by Crippen LogP contribution is -2.52. The van der Waals surface area contributed by atoms with Crippen LogP contribution in [0.5, 0.6) is 5.75 Å². The van der Waals surface area contributed by atoms with Crippen LogP contribution in [0.15, 0.2) is 18.2 Å². The zero-order valence-electron chi connectivity index (χ0n) is 18.0. The number of benzene rings is 1. The Hall–Kier alpha value is -3.09. The standard InChI is InChI=1S/C20H27F4N5O4/c1-26-10-15(6-13(18(25)31)8-27-11-30)29(14-3-4-14)19(32)28-9-12-2-5-16(7-17(12)21)33-20(22,23)24/h2,5,7,11,13-15,26H,3-4,6,8-10H2,1H3,(H2,25,31)(H,27,30)(H,28,32). The van der Waals surface area contributed by atoms with Crippen LogP contribution in [-0.2, 0) is 16.1 Å². The first-order chi connectivity index (χ1) is 15.6. The highest BCUT2D eigenvalue weighted by molar-refractivity contribution is 5.78. The van der Waals surface area contributed by atoms with Gasteiger partial charge in [-0.3, -0.25) is 9.59 Å². The van der Waals surface area contributed by atoms with Crippen molar-refractivity contribution >= 4 is 18.3 Å². The molecule has 184 valence electrons. The highest BCUT2D eigenvalue weighted by Crippen LogP contribution is 2.31. The van der Waals surface area contributed by atoms with Gasteiger partial charge in [0.05, 0.1) is 5.92 Å². The van der Waals surface area contributed by atoms with Crippen LogP contribution in [0.1, 0.15) is 24.8 Å². The number of primary amides is 1. The van der Waals surface area contributed by atoms with Gasteiger partial charge in [0.1, 0.15) is 11.6 Å². The summed E-state index contributed by atoms with van der Waals surface area (Å²) in [5, 5.41) is 7.96. The first-order valence-electron chi connectivity index (χ1n) is 10.3. The van der Waals surface area contributed by atoms with Crippen molar-refractivity contribution in [2.75, 3.05) is 20.1 Å². The summed E-state index contributed by atoms with van der Waals surface area (Å²) < 4.78 is 54.7. The van der Waals surface area contributed by atoms with E-state index >= 15 is 0 Å². The van der Waals surface area contributed by atoms with Gasteiger partial charge in [0, 0.05) is 43.3 Å². The lowest BCUT2D eigenvalue weighted by molar-refractivity contribution is -0.274. The summed E-state index contributed by atoms with van der Waals surface area (Å²) in [6, 6.07) is 1.60. The first kappa shape index (κ1) is 26.2. The number of halogens is 4. The predicted octanol–water partition coefficient (Wildman–Crippen LogP) is 1.22. The topological polar surface area (TPSA) is 126 Å². The Kier molecular flexibility index (Phi) is 9.26. The van der Waals surface area contributed by atoms with Gasteiger partial charge in [0.15, 0.2) is 0 Å². The Balaban J connectivity index is 2.08. The minimum atomic E-state index is -4.95. The van der Waals surface area contributed by atoms with Crippen LogP contribution in [0.4, 0.5) is 22.4 Å². The molecule has 5 N–H and O–H groups in total. The number of rotatable bonds is 13. The van der Waals surface area contributed by atoms with E-state index in [-0.39, 0.29) is 31.1 Å². The molecule has 2 atom stereocenters. The highest BCUT2D eigenvalue weighted by atomic mass is 19.4. The van der Waals surface area contributed by atoms with Crippen LogP contribution < -0.4 is 26.4 Å². The number of hydrogen-bond donors (Lipinski definition) is 4. The van der Waals surface area contributed by atoms with Crippen molar-refractivity contribution in [2.45, 2.75) is 44.3 Å². The zero-order valence-corrected chi connectivity index (χ0v) is 18.0. The van der Waals surface area contributed by atoms with E-state index in [1.165, 1.54) is 0 Å². The fraction of sp³-hybridized carbons (Fsp3) is 0.550. The quantitative estimate of drug-likeness (QED) is 0.251. The Morgan fingerprint density at radius 1 is 1.30 bits per heavy atom. The number of hydrogen-bond acceptors (Lipinski definition) is 5. The molecule has 1 fully saturated rings. The van der Waals surface area contributed by atoms with Crippen LogP contribution in [0.2, 0.25) is 0 Å². The summed E-state index contributed by atoms with van der Waals surface area (Å²) in [5.74, 6) is -2.99. The number of amides is 4. The second-order valence-corrected chi connectivity index (χ2v) is 7.67. The van der Waals surface area contributed by atoms with E-state index in [1.54, 1.807) is 11.9 Å². The van der Waals surface area contributed by atoms with Gasteiger partial charge in [-0.2, -0.15) is 0 Å².